The molecule has 1 aromatic heterocycles. The normalized spacial score (nSPS) is 12.3. The third-order valence-electron chi connectivity index (χ3n) is 3.27. The lowest BCUT2D eigenvalue weighted by atomic mass is 10.1. The maximum absolute atomic E-state index is 12.4. The number of anilines is 1. The van der Waals surface area contributed by atoms with Crippen LogP contribution >= 0.6 is 0 Å². The lowest BCUT2D eigenvalue weighted by molar-refractivity contribution is 0.0896. The van der Waals surface area contributed by atoms with Gasteiger partial charge in [-0.25, -0.2) is 4.98 Å². The summed E-state index contributed by atoms with van der Waals surface area (Å²) in [6.07, 6.45) is 2.33. The molecule has 1 heterocycles. The van der Waals surface area contributed by atoms with Gasteiger partial charge in [0, 0.05) is 18.7 Å². The van der Waals surface area contributed by atoms with Crippen LogP contribution in [0.4, 0.5) is 5.82 Å². The summed E-state index contributed by atoms with van der Waals surface area (Å²) in [5.41, 5.74) is 6.37. The van der Waals surface area contributed by atoms with Crippen LogP contribution in [-0.4, -0.2) is 30.6 Å². The van der Waals surface area contributed by atoms with Gasteiger partial charge in [-0.05, 0) is 11.8 Å². The maximum Gasteiger partial charge on any atom is 0.253 e. The van der Waals surface area contributed by atoms with Crippen LogP contribution in [0, 0.1) is 0 Å². The number of amides is 1. The second-order valence-corrected chi connectivity index (χ2v) is 4.64. The molecule has 0 aliphatic carbocycles. The fourth-order valence-corrected chi connectivity index (χ4v) is 2.12. The van der Waals surface area contributed by atoms with E-state index in [1.54, 1.807) is 7.11 Å². The van der Waals surface area contributed by atoms with Crippen LogP contribution in [0.2, 0.25) is 0 Å². The molecular weight excluding hydrogens is 254 g/mol. The van der Waals surface area contributed by atoms with Crippen LogP contribution in [0.3, 0.4) is 0 Å². The molecular formula is C15H19N3O2. The number of methoxy groups -OCH3 is 1. The quantitative estimate of drug-likeness (QED) is 0.873. The van der Waals surface area contributed by atoms with E-state index in [-0.39, 0.29) is 11.9 Å². The Labute approximate surface area is 118 Å². The van der Waals surface area contributed by atoms with Crippen molar-refractivity contribution >= 4 is 22.5 Å². The summed E-state index contributed by atoms with van der Waals surface area (Å²) in [5.74, 6) is 0.277. The van der Waals surface area contributed by atoms with Crippen molar-refractivity contribution in [1.29, 1.82) is 0 Å². The first-order chi connectivity index (χ1) is 9.67. The molecule has 0 aliphatic rings. The van der Waals surface area contributed by atoms with Gasteiger partial charge in [0.15, 0.2) is 0 Å². The number of benzene rings is 1. The number of nitrogens with one attached hydrogen (secondary N) is 1. The van der Waals surface area contributed by atoms with Gasteiger partial charge >= 0.3 is 0 Å². The molecule has 1 amide bonds. The Morgan fingerprint density at radius 3 is 2.75 bits per heavy atom. The Kier molecular flexibility index (Phi) is 4.53. The Hall–Kier alpha value is -2.14. The van der Waals surface area contributed by atoms with Crippen LogP contribution in [0.5, 0.6) is 0 Å². The van der Waals surface area contributed by atoms with Crippen molar-refractivity contribution in [3.8, 4) is 0 Å². The van der Waals surface area contributed by atoms with Crippen molar-refractivity contribution in [2.75, 3.05) is 19.5 Å². The average molecular weight is 273 g/mol. The summed E-state index contributed by atoms with van der Waals surface area (Å²) in [5, 5.41) is 4.55. The summed E-state index contributed by atoms with van der Waals surface area (Å²) in [6, 6.07) is 7.48. The van der Waals surface area contributed by atoms with Gasteiger partial charge in [0.25, 0.3) is 5.91 Å². The summed E-state index contributed by atoms with van der Waals surface area (Å²) in [4.78, 5) is 16.5. The molecule has 1 unspecified atom stereocenters. The zero-order valence-electron chi connectivity index (χ0n) is 11.7. The Balaban J connectivity index is 2.33. The zero-order chi connectivity index (χ0) is 14.5. The van der Waals surface area contributed by atoms with E-state index >= 15 is 0 Å². The summed E-state index contributed by atoms with van der Waals surface area (Å²) < 4.78 is 5.09. The number of rotatable bonds is 5. The van der Waals surface area contributed by atoms with Gasteiger partial charge in [0.2, 0.25) is 0 Å². The molecule has 106 valence electrons. The van der Waals surface area contributed by atoms with Crippen molar-refractivity contribution < 1.29 is 9.53 Å². The molecule has 0 radical (unpaired) electrons. The molecule has 5 heteroatoms. The molecule has 1 aromatic carbocycles. The molecule has 0 saturated heterocycles. The van der Waals surface area contributed by atoms with Gasteiger partial charge in [-0.15, -0.1) is 0 Å². The molecule has 0 saturated carbocycles. The van der Waals surface area contributed by atoms with Gasteiger partial charge < -0.3 is 15.8 Å². The predicted octanol–water partition coefficient (Wildman–Crippen LogP) is 1.97. The minimum absolute atomic E-state index is 0.0104. The number of carbonyl (C=O) groups is 1. The van der Waals surface area contributed by atoms with Crippen molar-refractivity contribution in [3.63, 3.8) is 0 Å². The van der Waals surface area contributed by atoms with Gasteiger partial charge in [0.1, 0.15) is 5.82 Å². The number of hydrogen-bond donors (Lipinski definition) is 2. The second kappa shape index (κ2) is 6.34. The number of hydrogen-bond acceptors (Lipinski definition) is 4. The largest absolute Gasteiger partial charge is 0.383 e. The summed E-state index contributed by atoms with van der Waals surface area (Å²) in [7, 11) is 1.62. The number of nitrogens with zero attached hydrogens (tertiary/aromatic N) is 1. The lowest BCUT2D eigenvalue weighted by Gasteiger charge is -2.16. The smallest absolute Gasteiger partial charge is 0.253 e. The maximum atomic E-state index is 12.4. The molecule has 0 fully saturated rings. The predicted molar refractivity (Wildman–Crippen MR) is 79.6 cm³/mol. The first-order valence-electron chi connectivity index (χ1n) is 6.60. The monoisotopic (exact) mass is 273 g/mol. The minimum atomic E-state index is -0.155. The number of carbonyl (C=O) groups excluding carboxylic acids is 1. The number of nitrogens with two attached hydrogens (primary N) is 1. The van der Waals surface area contributed by atoms with Crippen molar-refractivity contribution in [3.05, 3.63) is 36.0 Å². The van der Waals surface area contributed by atoms with Crippen LogP contribution < -0.4 is 11.1 Å². The highest BCUT2D eigenvalue weighted by molar-refractivity contribution is 6.09. The third kappa shape index (κ3) is 2.88. The van der Waals surface area contributed by atoms with Crippen molar-refractivity contribution in [2.45, 2.75) is 19.4 Å². The van der Waals surface area contributed by atoms with Gasteiger partial charge in [-0.3, -0.25) is 4.79 Å². The highest BCUT2D eigenvalue weighted by Crippen LogP contribution is 2.22. The molecule has 2 rings (SSSR count). The van der Waals surface area contributed by atoms with E-state index in [1.165, 1.54) is 6.20 Å². The molecule has 5 nitrogen and oxygen atoms in total. The van der Waals surface area contributed by atoms with E-state index < -0.39 is 0 Å². The Bertz CT molecular complexity index is 613. The number of nitrogen functional groups attached to an aromatic ring is 1. The standard InChI is InChI=1S/C15H19N3O2/c1-3-10(9-20-2)18-15(19)13-8-17-14(16)12-7-5-4-6-11(12)13/h4-8,10H,3,9H2,1-2H3,(H2,16,17)(H,18,19). The van der Waals surface area contributed by atoms with Crippen LogP contribution in [-0.2, 0) is 4.74 Å². The fourth-order valence-electron chi connectivity index (χ4n) is 2.12. The molecule has 1 atom stereocenters. The molecule has 0 aliphatic heterocycles. The van der Waals surface area contributed by atoms with Crippen molar-refractivity contribution in [1.82, 2.24) is 10.3 Å². The summed E-state index contributed by atoms with van der Waals surface area (Å²) in [6.45, 7) is 2.49. The van der Waals surface area contributed by atoms with E-state index in [1.807, 2.05) is 31.2 Å². The number of fused-ring (bicyclic) bond motifs is 1. The molecule has 3 N–H and O–H groups in total. The minimum Gasteiger partial charge on any atom is -0.383 e. The first kappa shape index (κ1) is 14.3. The Morgan fingerprint density at radius 2 is 2.10 bits per heavy atom. The van der Waals surface area contributed by atoms with E-state index in [0.717, 1.165) is 17.2 Å². The Morgan fingerprint density at radius 1 is 1.40 bits per heavy atom. The number of aromatic nitrogens is 1. The van der Waals surface area contributed by atoms with Crippen LogP contribution in [0.15, 0.2) is 30.5 Å². The number of pyridine rings is 1. The van der Waals surface area contributed by atoms with E-state index in [0.29, 0.717) is 18.0 Å². The average Bonchev–Trinajstić information content (AvgIpc) is 2.47. The van der Waals surface area contributed by atoms with Gasteiger partial charge in [-0.1, -0.05) is 31.2 Å². The van der Waals surface area contributed by atoms with E-state index in [9.17, 15) is 4.79 Å². The molecule has 0 bridgehead atoms. The zero-order valence-corrected chi connectivity index (χ0v) is 11.7. The van der Waals surface area contributed by atoms with Crippen LogP contribution in [0.25, 0.3) is 10.8 Å². The van der Waals surface area contributed by atoms with Crippen LogP contribution in [0.1, 0.15) is 23.7 Å². The van der Waals surface area contributed by atoms with E-state index in [4.69, 9.17) is 10.5 Å². The topological polar surface area (TPSA) is 77.2 Å². The SMILES string of the molecule is CCC(COC)NC(=O)c1cnc(N)c2ccccc12. The number of ether oxygens (including phenoxy) is 1. The second-order valence-electron chi connectivity index (χ2n) is 4.64. The van der Waals surface area contributed by atoms with E-state index in [2.05, 4.69) is 10.3 Å². The van der Waals surface area contributed by atoms with Gasteiger partial charge in [-0.2, -0.15) is 0 Å². The fraction of sp³-hybridized carbons (Fsp3) is 0.333. The third-order valence-corrected chi connectivity index (χ3v) is 3.27. The van der Waals surface area contributed by atoms with Crippen molar-refractivity contribution in [2.24, 2.45) is 0 Å². The highest BCUT2D eigenvalue weighted by Gasteiger charge is 2.15. The molecule has 0 spiro atoms. The highest BCUT2D eigenvalue weighted by atomic mass is 16.5. The molecule has 2 aromatic rings. The molecule has 20 heavy (non-hydrogen) atoms. The lowest BCUT2D eigenvalue weighted by Crippen LogP contribution is -2.37. The first-order valence-corrected chi connectivity index (χ1v) is 6.60. The summed E-state index contributed by atoms with van der Waals surface area (Å²) >= 11 is 0. The van der Waals surface area contributed by atoms with Gasteiger partial charge in [0.05, 0.1) is 18.2 Å².